The second kappa shape index (κ2) is 7.41. The Hall–Kier alpha value is -0.0400. The lowest BCUT2D eigenvalue weighted by atomic mass is 9.92. The smallest absolute Gasteiger partial charge is 0.00745 e. The van der Waals surface area contributed by atoms with Crippen molar-refractivity contribution < 1.29 is 0 Å². The van der Waals surface area contributed by atoms with Gasteiger partial charge in [0.2, 0.25) is 0 Å². The van der Waals surface area contributed by atoms with Gasteiger partial charge in [-0.2, -0.15) is 0 Å². The molecule has 0 aliphatic heterocycles. The van der Waals surface area contributed by atoms with Crippen LogP contribution in [0.25, 0.3) is 0 Å². The molecule has 1 aliphatic carbocycles. The summed E-state index contributed by atoms with van der Waals surface area (Å²) in [6.07, 6.45) is 8.46. The lowest BCUT2D eigenvalue weighted by molar-refractivity contribution is 0.286. The number of rotatable bonds is 7. The van der Waals surface area contributed by atoms with Crippen molar-refractivity contribution in [3.05, 3.63) is 0 Å². The molecule has 0 aromatic heterocycles. The van der Waals surface area contributed by atoms with Crippen LogP contribution in [0.5, 0.6) is 0 Å². The lowest BCUT2D eigenvalue weighted by Crippen LogP contribution is -2.41. The molecule has 0 aromatic carbocycles. The maximum atomic E-state index is 3.92. The SMILES string of the molecule is CC(C)CC(CC(C)C)NC(C)C1CCCC1. The molecule has 1 rings (SSSR count). The first-order chi connectivity index (χ1) is 7.99. The van der Waals surface area contributed by atoms with E-state index in [1.165, 1.54) is 38.5 Å². The summed E-state index contributed by atoms with van der Waals surface area (Å²) in [4.78, 5) is 0. The van der Waals surface area contributed by atoms with Gasteiger partial charge in [-0.25, -0.2) is 0 Å². The maximum Gasteiger partial charge on any atom is 0.00745 e. The highest BCUT2D eigenvalue weighted by molar-refractivity contribution is 4.81. The third-order valence-electron chi connectivity index (χ3n) is 4.12. The normalized spacial score (nSPS) is 19.8. The minimum Gasteiger partial charge on any atom is -0.311 e. The molecule has 0 saturated heterocycles. The van der Waals surface area contributed by atoms with Gasteiger partial charge in [-0.3, -0.25) is 0 Å². The Morgan fingerprint density at radius 3 is 1.76 bits per heavy atom. The van der Waals surface area contributed by atoms with Crippen molar-refractivity contribution in [3.63, 3.8) is 0 Å². The molecule has 1 nitrogen and oxygen atoms in total. The Bertz CT molecular complexity index is 182. The summed E-state index contributed by atoms with van der Waals surface area (Å²) in [5.74, 6) is 2.56. The highest BCUT2D eigenvalue weighted by Crippen LogP contribution is 2.28. The molecule has 1 N–H and O–H groups in total. The molecule has 0 radical (unpaired) electrons. The first kappa shape index (κ1) is 15.0. The molecule has 102 valence electrons. The third-order valence-corrected chi connectivity index (χ3v) is 4.12. The predicted molar refractivity (Wildman–Crippen MR) is 77.3 cm³/mol. The van der Waals surface area contributed by atoms with Crippen LogP contribution in [0.3, 0.4) is 0 Å². The number of hydrogen-bond acceptors (Lipinski definition) is 1. The Balaban J connectivity index is 2.40. The summed E-state index contributed by atoms with van der Waals surface area (Å²) >= 11 is 0. The Kier molecular flexibility index (Phi) is 6.54. The Morgan fingerprint density at radius 2 is 1.35 bits per heavy atom. The van der Waals surface area contributed by atoms with E-state index in [1.54, 1.807) is 0 Å². The fourth-order valence-corrected chi connectivity index (χ4v) is 3.34. The van der Waals surface area contributed by atoms with E-state index in [4.69, 9.17) is 0 Å². The van der Waals surface area contributed by atoms with Crippen LogP contribution in [-0.4, -0.2) is 12.1 Å². The summed E-state index contributed by atoms with van der Waals surface area (Å²) in [6.45, 7) is 11.8. The molecular weight excluding hydrogens is 206 g/mol. The fourth-order valence-electron chi connectivity index (χ4n) is 3.34. The maximum absolute atomic E-state index is 3.92. The minimum atomic E-state index is 0.722. The third kappa shape index (κ3) is 5.90. The summed E-state index contributed by atoms with van der Waals surface area (Å²) in [5, 5.41) is 3.92. The molecule has 0 aromatic rings. The summed E-state index contributed by atoms with van der Waals surface area (Å²) < 4.78 is 0. The quantitative estimate of drug-likeness (QED) is 0.684. The van der Waals surface area contributed by atoms with Crippen LogP contribution < -0.4 is 5.32 Å². The van der Waals surface area contributed by atoms with E-state index >= 15 is 0 Å². The van der Waals surface area contributed by atoms with Crippen LogP contribution in [0.2, 0.25) is 0 Å². The molecule has 0 spiro atoms. The molecule has 1 saturated carbocycles. The molecule has 1 atom stereocenters. The molecule has 0 bridgehead atoms. The predicted octanol–water partition coefficient (Wildman–Crippen LogP) is 4.62. The van der Waals surface area contributed by atoms with Crippen LogP contribution in [0.15, 0.2) is 0 Å². The fraction of sp³-hybridized carbons (Fsp3) is 1.00. The standard InChI is InChI=1S/C16H33N/c1-12(2)10-16(11-13(3)4)17-14(5)15-8-6-7-9-15/h12-17H,6-11H2,1-5H3. The summed E-state index contributed by atoms with van der Waals surface area (Å²) in [6, 6.07) is 1.45. The summed E-state index contributed by atoms with van der Waals surface area (Å²) in [7, 11) is 0. The van der Waals surface area contributed by atoms with Crippen LogP contribution in [0.1, 0.15) is 73.1 Å². The van der Waals surface area contributed by atoms with Crippen molar-refractivity contribution >= 4 is 0 Å². The second-order valence-corrected chi connectivity index (χ2v) is 6.96. The van der Waals surface area contributed by atoms with Crippen LogP contribution in [0, 0.1) is 17.8 Å². The monoisotopic (exact) mass is 239 g/mol. The van der Waals surface area contributed by atoms with E-state index in [0.29, 0.717) is 0 Å². The molecular formula is C16H33N. The van der Waals surface area contributed by atoms with Crippen molar-refractivity contribution in [3.8, 4) is 0 Å². The van der Waals surface area contributed by atoms with Gasteiger partial charge in [0.25, 0.3) is 0 Å². The van der Waals surface area contributed by atoms with Gasteiger partial charge in [0.15, 0.2) is 0 Å². The van der Waals surface area contributed by atoms with E-state index < -0.39 is 0 Å². The molecule has 17 heavy (non-hydrogen) atoms. The zero-order chi connectivity index (χ0) is 12.8. The Labute approximate surface area is 109 Å². The average Bonchev–Trinajstić information content (AvgIpc) is 2.67. The largest absolute Gasteiger partial charge is 0.311 e. The van der Waals surface area contributed by atoms with Gasteiger partial charge in [0, 0.05) is 12.1 Å². The molecule has 1 fully saturated rings. The minimum absolute atomic E-state index is 0.722. The van der Waals surface area contributed by atoms with E-state index in [1.807, 2.05) is 0 Å². The zero-order valence-electron chi connectivity index (χ0n) is 12.6. The van der Waals surface area contributed by atoms with Crippen LogP contribution in [-0.2, 0) is 0 Å². The van der Waals surface area contributed by atoms with E-state index in [2.05, 4.69) is 39.9 Å². The van der Waals surface area contributed by atoms with E-state index in [0.717, 1.165) is 29.8 Å². The zero-order valence-corrected chi connectivity index (χ0v) is 12.6. The van der Waals surface area contributed by atoms with Gasteiger partial charge in [0.1, 0.15) is 0 Å². The van der Waals surface area contributed by atoms with Crippen molar-refractivity contribution in [2.45, 2.75) is 85.2 Å². The van der Waals surface area contributed by atoms with Gasteiger partial charge in [0.05, 0.1) is 0 Å². The number of nitrogens with one attached hydrogen (secondary N) is 1. The van der Waals surface area contributed by atoms with Crippen molar-refractivity contribution in [2.24, 2.45) is 17.8 Å². The highest BCUT2D eigenvalue weighted by Gasteiger charge is 2.24. The molecule has 0 heterocycles. The van der Waals surface area contributed by atoms with Crippen molar-refractivity contribution in [1.29, 1.82) is 0 Å². The van der Waals surface area contributed by atoms with Crippen LogP contribution in [0.4, 0.5) is 0 Å². The van der Waals surface area contributed by atoms with Gasteiger partial charge in [-0.05, 0) is 50.4 Å². The van der Waals surface area contributed by atoms with Crippen molar-refractivity contribution in [2.75, 3.05) is 0 Å². The Morgan fingerprint density at radius 1 is 0.882 bits per heavy atom. The molecule has 0 amide bonds. The van der Waals surface area contributed by atoms with Gasteiger partial charge >= 0.3 is 0 Å². The molecule has 1 heteroatoms. The second-order valence-electron chi connectivity index (χ2n) is 6.96. The first-order valence-corrected chi connectivity index (χ1v) is 7.75. The topological polar surface area (TPSA) is 12.0 Å². The van der Waals surface area contributed by atoms with Gasteiger partial charge in [-0.15, -0.1) is 0 Å². The first-order valence-electron chi connectivity index (χ1n) is 7.75. The van der Waals surface area contributed by atoms with Gasteiger partial charge in [-0.1, -0.05) is 40.5 Å². The average molecular weight is 239 g/mol. The number of hydrogen-bond donors (Lipinski definition) is 1. The van der Waals surface area contributed by atoms with Crippen molar-refractivity contribution in [1.82, 2.24) is 5.32 Å². The van der Waals surface area contributed by atoms with E-state index in [-0.39, 0.29) is 0 Å². The van der Waals surface area contributed by atoms with Gasteiger partial charge < -0.3 is 5.32 Å². The highest BCUT2D eigenvalue weighted by atomic mass is 15.0. The van der Waals surface area contributed by atoms with E-state index in [9.17, 15) is 0 Å². The molecule has 1 unspecified atom stereocenters. The summed E-state index contributed by atoms with van der Waals surface area (Å²) in [5.41, 5.74) is 0. The lowest BCUT2D eigenvalue weighted by Gasteiger charge is -2.29. The van der Waals surface area contributed by atoms with Crippen LogP contribution >= 0.6 is 0 Å². The molecule has 1 aliphatic rings.